The van der Waals surface area contributed by atoms with E-state index in [4.69, 9.17) is 22.3 Å². The molecule has 0 saturated carbocycles. The Kier molecular flexibility index (Phi) is 7.68. The molecule has 0 aliphatic carbocycles. The minimum Gasteiger partial charge on any atom is -0.465 e. The first kappa shape index (κ1) is 16.4. The molecule has 8 heteroatoms. The van der Waals surface area contributed by atoms with Crippen LogP contribution in [0.25, 0.3) is 0 Å². The average molecular weight is 277 g/mol. The van der Waals surface area contributed by atoms with Gasteiger partial charge in [-0.25, -0.2) is 0 Å². The van der Waals surface area contributed by atoms with Crippen LogP contribution in [0.15, 0.2) is 30.3 Å². The molecular weight excluding hydrogens is 262 g/mol. The third-order valence-electron chi connectivity index (χ3n) is 1.52. The van der Waals surface area contributed by atoms with Gasteiger partial charge >= 0.3 is 16.4 Å². The summed E-state index contributed by atoms with van der Waals surface area (Å²) < 4.78 is 36.3. The van der Waals surface area contributed by atoms with Gasteiger partial charge in [0.15, 0.2) is 0 Å². The summed E-state index contributed by atoms with van der Waals surface area (Å²) in [5.74, 6) is -0.230. The summed E-state index contributed by atoms with van der Waals surface area (Å²) in [5.41, 5.74) is 0.926. The van der Waals surface area contributed by atoms with E-state index < -0.39 is 10.4 Å². The number of anilines is 1. The van der Waals surface area contributed by atoms with Gasteiger partial charge in [-0.15, -0.1) is 0 Å². The maximum atomic E-state index is 10.9. The van der Waals surface area contributed by atoms with Gasteiger partial charge in [-0.1, -0.05) is 18.2 Å². The van der Waals surface area contributed by atoms with E-state index in [1.165, 1.54) is 0 Å². The molecule has 0 saturated heterocycles. The van der Waals surface area contributed by atoms with Crippen molar-refractivity contribution in [3.05, 3.63) is 30.3 Å². The van der Waals surface area contributed by atoms with Gasteiger partial charge in [-0.2, -0.15) is 8.42 Å². The molecular formula is C10H15NO6S. The molecule has 0 fully saturated rings. The van der Waals surface area contributed by atoms with Crippen LogP contribution in [0.3, 0.4) is 0 Å². The molecule has 0 heterocycles. The lowest BCUT2D eigenvalue weighted by atomic mass is 10.3. The van der Waals surface area contributed by atoms with Gasteiger partial charge < -0.3 is 10.1 Å². The van der Waals surface area contributed by atoms with E-state index >= 15 is 0 Å². The molecule has 0 amide bonds. The first-order valence-electron chi connectivity index (χ1n) is 4.97. The number of ether oxygens (including phenoxy) is 1. The molecule has 102 valence electrons. The van der Waals surface area contributed by atoms with Crippen molar-refractivity contribution in [2.24, 2.45) is 0 Å². The molecule has 0 aromatic heterocycles. The predicted octanol–water partition coefficient (Wildman–Crippen LogP) is 1.01. The van der Waals surface area contributed by atoms with Crippen LogP contribution in [0.4, 0.5) is 5.69 Å². The smallest absolute Gasteiger partial charge is 0.394 e. The molecule has 0 atom stereocenters. The summed E-state index contributed by atoms with van der Waals surface area (Å²) in [6.07, 6.45) is 0. The standard InChI is InChI=1S/C10H13NO2.H2O4S/c1-2-13-10(12)8-11-9-6-4-3-5-7-9;1-5(2,3)4/h3-7,11H,2,8H2,1H3;(H2,1,2,3,4). The fourth-order valence-corrected chi connectivity index (χ4v) is 0.942. The summed E-state index contributed by atoms with van der Waals surface area (Å²) in [6.45, 7) is 2.44. The largest absolute Gasteiger partial charge is 0.465 e. The van der Waals surface area contributed by atoms with Gasteiger partial charge in [0, 0.05) is 5.69 Å². The third-order valence-corrected chi connectivity index (χ3v) is 1.52. The Bertz CT molecular complexity index is 437. The Morgan fingerprint density at radius 1 is 1.28 bits per heavy atom. The first-order chi connectivity index (χ1) is 8.33. The number of nitrogens with one attached hydrogen (secondary N) is 1. The van der Waals surface area contributed by atoms with Crippen LogP contribution < -0.4 is 5.32 Å². The second kappa shape index (κ2) is 8.45. The van der Waals surface area contributed by atoms with E-state index in [1.54, 1.807) is 6.92 Å². The topological polar surface area (TPSA) is 113 Å². The average Bonchev–Trinajstić information content (AvgIpc) is 2.26. The zero-order chi connectivity index (χ0) is 14.0. The van der Waals surface area contributed by atoms with E-state index in [2.05, 4.69) is 5.32 Å². The fourth-order valence-electron chi connectivity index (χ4n) is 0.942. The molecule has 0 radical (unpaired) electrons. The van der Waals surface area contributed by atoms with Crippen molar-refractivity contribution >= 4 is 22.1 Å². The van der Waals surface area contributed by atoms with Crippen molar-refractivity contribution in [3.63, 3.8) is 0 Å². The second-order valence-electron chi connectivity index (χ2n) is 2.97. The Balaban J connectivity index is 0.000000494. The lowest BCUT2D eigenvalue weighted by molar-refractivity contribution is -0.140. The minimum atomic E-state index is -4.67. The van der Waals surface area contributed by atoms with Crippen LogP contribution in [-0.2, 0) is 19.9 Å². The lowest BCUT2D eigenvalue weighted by Crippen LogP contribution is -2.16. The first-order valence-corrected chi connectivity index (χ1v) is 6.37. The Morgan fingerprint density at radius 2 is 1.78 bits per heavy atom. The fraction of sp³-hybridized carbons (Fsp3) is 0.300. The minimum absolute atomic E-state index is 0.220. The molecule has 0 spiro atoms. The number of para-hydroxylation sites is 1. The molecule has 1 rings (SSSR count). The SMILES string of the molecule is CCOC(=O)CNc1ccccc1.O=S(=O)(O)O. The van der Waals surface area contributed by atoms with E-state index in [9.17, 15) is 4.79 Å². The predicted molar refractivity (Wildman–Crippen MR) is 65.7 cm³/mol. The van der Waals surface area contributed by atoms with Crippen molar-refractivity contribution in [1.82, 2.24) is 0 Å². The molecule has 18 heavy (non-hydrogen) atoms. The van der Waals surface area contributed by atoms with Gasteiger partial charge in [0.05, 0.1) is 6.61 Å². The number of carbonyl (C=O) groups excluding carboxylic acids is 1. The molecule has 0 aliphatic rings. The molecule has 0 bridgehead atoms. The summed E-state index contributed by atoms with van der Waals surface area (Å²) >= 11 is 0. The monoisotopic (exact) mass is 277 g/mol. The molecule has 7 nitrogen and oxygen atoms in total. The highest BCUT2D eigenvalue weighted by atomic mass is 32.3. The Hall–Kier alpha value is -1.64. The summed E-state index contributed by atoms with van der Waals surface area (Å²) in [4.78, 5) is 10.9. The number of carbonyl (C=O) groups is 1. The number of benzene rings is 1. The summed E-state index contributed by atoms with van der Waals surface area (Å²) in [5, 5.41) is 2.95. The van der Waals surface area contributed by atoms with Crippen molar-refractivity contribution in [2.75, 3.05) is 18.5 Å². The van der Waals surface area contributed by atoms with E-state index in [-0.39, 0.29) is 12.5 Å². The van der Waals surface area contributed by atoms with Gasteiger partial charge in [0.2, 0.25) is 0 Å². The zero-order valence-corrected chi connectivity index (χ0v) is 10.6. The molecule has 1 aromatic rings. The highest BCUT2D eigenvalue weighted by Crippen LogP contribution is 2.03. The Morgan fingerprint density at radius 3 is 2.22 bits per heavy atom. The lowest BCUT2D eigenvalue weighted by Gasteiger charge is -2.04. The maximum Gasteiger partial charge on any atom is 0.394 e. The number of hydrogen-bond acceptors (Lipinski definition) is 5. The van der Waals surface area contributed by atoms with E-state index in [0.717, 1.165) is 5.69 Å². The van der Waals surface area contributed by atoms with Crippen LogP contribution in [0, 0.1) is 0 Å². The van der Waals surface area contributed by atoms with Crippen molar-refractivity contribution in [2.45, 2.75) is 6.92 Å². The van der Waals surface area contributed by atoms with Gasteiger partial charge in [0.25, 0.3) is 0 Å². The van der Waals surface area contributed by atoms with Crippen molar-refractivity contribution in [3.8, 4) is 0 Å². The van der Waals surface area contributed by atoms with Gasteiger partial charge in [-0.3, -0.25) is 13.9 Å². The van der Waals surface area contributed by atoms with Crippen LogP contribution in [-0.4, -0.2) is 36.6 Å². The highest BCUT2D eigenvalue weighted by molar-refractivity contribution is 7.79. The van der Waals surface area contributed by atoms with Crippen LogP contribution in [0.5, 0.6) is 0 Å². The van der Waals surface area contributed by atoms with Crippen molar-refractivity contribution in [1.29, 1.82) is 0 Å². The number of esters is 1. The third kappa shape index (κ3) is 12.4. The van der Waals surface area contributed by atoms with Crippen LogP contribution in [0.1, 0.15) is 6.92 Å². The Labute approximate surface area is 105 Å². The summed E-state index contributed by atoms with van der Waals surface area (Å²) in [7, 11) is -4.67. The molecule has 0 aliphatic heterocycles. The van der Waals surface area contributed by atoms with Crippen molar-refractivity contribution < 1.29 is 27.1 Å². The maximum absolute atomic E-state index is 10.9. The second-order valence-corrected chi connectivity index (χ2v) is 3.87. The number of hydrogen-bond donors (Lipinski definition) is 3. The van der Waals surface area contributed by atoms with Crippen LogP contribution in [0.2, 0.25) is 0 Å². The van der Waals surface area contributed by atoms with E-state index in [1.807, 2.05) is 30.3 Å². The molecule has 3 N–H and O–H groups in total. The molecule has 0 unspecified atom stereocenters. The van der Waals surface area contributed by atoms with E-state index in [0.29, 0.717) is 6.61 Å². The zero-order valence-electron chi connectivity index (χ0n) is 9.74. The molecule has 1 aromatic carbocycles. The number of rotatable bonds is 4. The normalized spacial score (nSPS) is 9.94. The summed E-state index contributed by atoms with van der Waals surface area (Å²) in [6, 6.07) is 9.55. The van der Waals surface area contributed by atoms with Gasteiger partial charge in [-0.05, 0) is 19.1 Å². The highest BCUT2D eigenvalue weighted by Gasteiger charge is 1.99. The van der Waals surface area contributed by atoms with Crippen LogP contribution >= 0.6 is 0 Å². The van der Waals surface area contributed by atoms with Gasteiger partial charge in [0.1, 0.15) is 6.54 Å². The quantitative estimate of drug-likeness (QED) is 0.556.